The first-order valence-corrected chi connectivity index (χ1v) is 15.1. The minimum atomic E-state index is -0.898. The summed E-state index contributed by atoms with van der Waals surface area (Å²) in [6.07, 6.45) is 4.72. The molecule has 1 aromatic carbocycles. The Morgan fingerprint density at radius 3 is 1.30 bits per heavy atom. The van der Waals surface area contributed by atoms with Crippen molar-refractivity contribution in [2.45, 2.75) is 39.0 Å². The highest BCUT2D eigenvalue weighted by atomic mass is 16.6. The van der Waals surface area contributed by atoms with Crippen molar-refractivity contribution in [2.24, 2.45) is 0 Å². The number of rotatable bonds is 31. The first kappa shape index (κ1) is 38.6. The molecule has 0 aliphatic carbocycles. The maximum Gasteiger partial charge on any atom is 0.379 e. The highest BCUT2D eigenvalue weighted by molar-refractivity contribution is 6.40. The number of benzene rings is 1. The number of Topliss-reactive ketones (excluding diaryl/α,β-unsaturated/α-hetero) is 1. The second-order valence-corrected chi connectivity index (χ2v) is 9.15. The standard InChI is InChI=1S/C31H50O12/c1-2-3-4-8-11-29(32)42-26-24-40-22-20-38-18-16-36-14-12-35-13-15-37-17-19-39-21-23-41-25-27-43-31(34)30(33)28-9-6-5-7-10-28/h5-7,9-10H,2-4,8,11-27H2,1H3. The summed E-state index contributed by atoms with van der Waals surface area (Å²) in [5.74, 6) is -1.74. The summed E-state index contributed by atoms with van der Waals surface area (Å²) in [5, 5.41) is 0. The van der Waals surface area contributed by atoms with Crippen molar-refractivity contribution in [1.29, 1.82) is 0 Å². The summed E-state index contributed by atoms with van der Waals surface area (Å²) in [6, 6.07) is 8.25. The zero-order chi connectivity index (χ0) is 31.1. The maximum atomic E-state index is 11.9. The van der Waals surface area contributed by atoms with E-state index in [4.69, 9.17) is 42.6 Å². The first-order valence-electron chi connectivity index (χ1n) is 15.1. The van der Waals surface area contributed by atoms with Crippen molar-refractivity contribution in [3.8, 4) is 0 Å². The fraction of sp³-hybridized carbons (Fsp3) is 0.710. The van der Waals surface area contributed by atoms with E-state index in [1.54, 1.807) is 30.3 Å². The third-order valence-electron chi connectivity index (χ3n) is 5.64. The van der Waals surface area contributed by atoms with E-state index in [0.717, 1.165) is 25.7 Å². The fourth-order valence-corrected chi connectivity index (χ4v) is 3.37. The molecule has 0 aliphatic rings. The summed E-state index contributed by atoms with van der Waals surface area (Å²) in [4.78, 5) is 35.1. The number of carbonyl (C=O) groups excluding carboxylic acids is 3. The molecular formula is C31H50O12. The zero-order valence-electron chi connectivity index (χ0n) is 25.6. The molecule has 0 saturated heterocycles. The largest absolute Gasteiger partial charge is 0.463 e. The highest BCUT2D eigenvalue weighted by Crippen LogP contribution is 2.03. The molecule has 0 saturated carbocycles. The fourth-order valence-electron chi connectivity index (χ4n) is 3.37. The lowest BCUT2D eigenvalue weighted by atomic mass is 10.1. The average molecular weight is 615 g/mol. The zero-order valence-corrected chi connectivity index (χ0v) is 25.6. The van der Waals surface area contributed by atoms with Crippen molar-refractivity contribution >= 4 is 17.7 Å². The van der Waals surface area contributed by atoms with Crippen LogP contribution in [-0.4, -0.2) is 123 Å². The van der Waals surface area contributed by atoms with E-state index < -0.39 is 11.8 Å². The Kier molecular flexibility index (Phi) is 26.6. The van der Waals surface area contributed by atoms with Gasteiger partial charge in [0.05, 0.1) is 92.5 Å². The van der Waals surface area contributed by atoms with Crippen molar-refractivity contribution in [1.82, 2.24) is 0 Å². The van der Waals surface area contributed by atoms with Crippen LogP contribution in [0.15, 0.2) is 30.3 Å². The van der Waals surface area contributed by atoms with Gasteiger partial charge in [-0.1, -0.05) is 56.5 Å². The van der Waals surface area contributed by atoms with Crippen LogP contribution < -0.4 is 0 Å². The molecule has 12 nitrogen and oxygen atoms in total. The monoisotopic (exact) mass is 614 g/mol. The Balaban J connectivity index is 1.70. The van der Waals surface area contributed by atoms with Crippen LogP contribution in [0, 0.1) is 0 Å². The van der Waals surface area contributed by atoms with Crippen LogP contribution in [0.5, 0.6) is 0 Å². The molecule has 0 bridgehead atoms. The normalized spacial score (nSPS) is 11.0. The van der Waals surface area contributed by atoms with E-state index in [9.17, 15) is 14.4 Å². The van der Waals surface area contributed by atoms with Crippen molar-refractivity contribution in [3.63, 3.8) is 0 Å². The quantitative estimate of drug-likeness (QED) is 0.0527. The predicted octanol–water partition coefficient (Wildman–Crippen LogP) is 3.04. The lowest BCUT2D eigenvalue weighted by molar-refractivity contribution is -0.145. The summed E-state index contributed by atoms with van der Waals surface area (Å²) >= 11 is 0. The lowest BCUT2D eigenvalue weighted by Crippen LogP contribution is -2.20. The second-order valence-electron chi connectivity index (χ2n) is 9.15. The van der Waals surface area contributed by atoms with Crippen LogP contribution >= 0.6 is 0 Å². The van der Waals surface area contributed by atoms with Crippen LogP contribution in [0.3, 0.4) is 0 Å². The summed E-state index contributed by atoms with van der Waals surface area (Å²) < 4.78 is 47.8. The minimum absolute atomic E-state index is 0.00370. The molecule has 12 heteroatoms. The van der Waals surface area contributed by atoms with E-state index in [-0.39, 0.29) is 25.8 Å². The van der Waals surface area contributed by atoms with Gasteiger partial charge >= 0.3 is 11.9 Å². The molecule has 0 heterocycles. The molecule has 0 aliphatic heterocycles. The molecule has 0 aromatic heterocycles. The van der Waals surface area contributed by atoms with E-state index >= 15 is 0 Å². The first-order chi connectivity index (χ1) is 21.1. The molecule has 0 unspecified atom stereocenters. The number of hydrogen-bond acceptors (Lipinski definition) is 12. The third kappa shape index (κ3) is 24.7. The Morgan fingerprint density at radius 2 is 0.884 bits per heavy atom. The minimum Gasteiger partial charge on any atom is -0.463 e. The molecule has 0 N–H and O–H groups in total. The molecule has 0 radical (unpaired) electrons. The Hall–Kier alpha value is -2.45. The van der Waals surface area contributed by atoms with Gasteiger partial charge in [0.15, 0.2) is 0 Å². The van der Waals surface area contributed by atoms with Gasteiger partial charge in [0.1, 0.15) is 13.2 Å². The van der Waals surface area contributed by atoms with Gasteiger partial charge in [0, 0.05) is 12.0 Å². The molecular weight excluding hydrogens is 564 g/mol. The van der Waals surface area contributed by atoms with Gasteiger partial charge in [-0.3, -0.25) is 9.59 Å². The van der Waals surface area contributed by atoms with Crippen molar-refractivity contribution in [2.75, 3.05) is 106 Å². The third-order valence-corrected chi connectivity index (χ3v) is 5.64. The smallest absolute Gasteiger partial charge is 0.379 e. The lowest BCUT2D eigenvalue weighted by Gasteiger charge is -2.09. The van der Waals surface area contributed by atoms with Gasteiger partial charge in [0.2, 0.25) is 0 Å². The topological polar surface area (TPSA) is 134 Å². The van der Waals surface area contributed by atoms with Gasteiger partial charge in [-0.2, -0.15) is 0 Å². The molecule has 1 rings (SSSR count). The van der Waals surface area contributed by atoms with Crippen LogP contribution in [0.1, 0.15) is 49.4 Å². The number of hydrogen-bond donors (Lipinski definition) is 0. The van der Waals surface area contributed by atoms with Crippen LogP contribution in [0.25, 0.3) is 0 Å². The van der Waals surface area contributed by atoms with Crippen LogP contribution in [0.2, 0.25) is 0 Å². The Bertz CT molecular complexity index is 805. The van der Waals surface area contributed by atoms with E-state index in [1.807, 2.05) is 0 Å². The van der Waals surface area contributed by atoms with Gasteiger partial charge < -0.3 is 42.6 Å². The molecule has 1 aromatic rings. The van der Waals surface area contributed by atoms with Gasteiger partial charge in [-0.25, -0.2) is 4.79 Å². The number of ketones is 1. The Labute approximate surface area is 255 Å². The maximum absolute atomic E-state index is 11.9. The predicted molar refractivity (Wildman–Crippen MR) is 157 cm³/mol. The van der Waals surface area contributed by atoms with Crippen molar-refractivity contribution < 1.29 is 57.0 Å². The van der Waals surface area contributed by atoms with Crippen LogP contribution in [-0.2, 0) is 52.2 Å². The molecule has 0 amide bonds. The number of unbranched alkanes of at least 4 members (excludes halogenated alkanes) is 3. The van der Waals surface area contributed by atoms with E-state index in [1.165, 1.54) is 0 Å². The van der Waals surface area contributed by atoms with Gasteiger partial charge in [0.25, 0.3) is 5.78 Å². The average Bonchev–Trinajstić information content (AvgIpc) is 3.03. The number of ether oxygens (including phenoxy) is 9. The molecule has 0 fully saturated rings. The van der Waals surface area contributed by atoms with Gasteiger partial charge in [-0.15, -0.1) is 0 Å². The number of esters is 2. The summed E-state index contributed by atoms with van der Waals surface area (Å²) in [6.45, 7) is 8.19. The van der Waals surface area contributed by atoms with Crippen molar-refractivity contribution in [3.05, 3.63) is 35.9 Å². The van der Waals surface area contributed by atoms with E-state index in [2.05, 4.69) is 6.92 Å². The molecule has 43 heavy (non-hydrogen) atoms. The van der Waals surface area contributed by atoms with E-state index in [0.29, 0.717) is 97.9 Å². The molecule has 0 spiro atoms. The SMILES string of the molecule is CCCCCCC(=O)OCCOCCOCCOCCOCCOCCOCCOCCOC(=O)C(=O)c1ccccc1. The van der Waals surface area contributed by atoms with Crippen LogP contribution in [0.4, 0.5) is 0 Å². The number of carbonyl (C=O) groups is 3. The molecule has 246 valence electrons. The summed E-state index contributed by atoms with van der Waals surface area (Å²) in [7, 11) is 0. The van der Waals surface area contributed by atoms with Gasteiger partial charge in [-0.05, 0) is 6.42 Å². The highest BCUT2D eigenvalue weighted by Gasteiger charge is 2.17. The Morgan fingerprint density at radius 1 is 0.488 bits per heavy atom. The summed E-state index contributed by atoms with van der Waals surface area (Å²) in [5.41, 5.74) is 0.294. The second kappa shape index (κ2) is 29.6. The molecule has 0 atom stereocenters.